The number of fused-ring (bicyclic) bond motifs is 2. The summed E-state index contributed by atoms with van der Waals surface area (Å²) < 4.78 is 61.6. The molecule has 2 aromatic rings. The number of aliphatic hydroxyl groups is 1. The Hall–Kier alpha value is -3.55. The van der Waals surface area contributed by atoms with Gasteiger partial charge in [-0.1, -0.05) is 13.0 Å². The van der Waals surface area contributed by atoms with Crippen LogP contribution in [0.1, 0.15) is 68.8 Å². The third kappa shape index (κ3) is 10.7. The number of halogens is 3. The molecule has 2 N–H and O–H groups in total. The highest BCUT2D eigenvalue weighted by Crippen LogP contribution is 2.33. The predicted molar refractivity (Wildman–Crippen MR) is 170 cm³/mol. The summed E-state index contributed by atoms with van der Waals surface area (Å²) >= 11 is 0. The molecule has 0 spiro atoms. The van der Waals surface area contributed by atoms with Crippen LogP contribution in [0.2, 0.25) is 0 Å². The number of aliphatic hydroxyl groups excluding tert-OH is 1. The number of carbonyl (C=O) groups is 2. The smallest absolute Gasteiger partial charge is 0.389 e. The molecule has 13 heteroatoms. The first-order valence-corrected chi connectivity index (χ1v) is 16.1. The SMILES string of the molecule is C[C@H](CO)N1C[C@H](C)[C@@H](CN(C)Cc2ccc3c(c2)OCO3)OCCCC[C@H](C)Oc2ccc(NC(=O)CCC(F)(F)F)cc2C1=O. The molecule has 0 aliphatic carbocycles. The van der Waals surface area contributed by atoms with Gasteiger partial charge < -0.3 is 34.3 Å². The molecule has 0 bridgehead atoms. The van der Waals surface area contributed by atoms with Crippen LogP contribution in [0, 0.1) is 5.92 Å². The molecule has 260 valence electrons. The summed E-state index contributed by atoms with van der Waals surface area (Å²) in [5.74, 6) is 0.337. The summed E-state index contributed by atoms with van der Waals surface area (Å²) in [4.78, 5) is 30.2. The molecule has 0 unspecified atom stereocenters. The molecule has 2 aromatic carbocycles. The highest BCUT2D eigenvalue weighted by Gasteiger charge is 2.31. The van der Waals surface area contributed by atoms with Crippen molar-refractivity contribution < 1.29 is 46.8 Å². The van der Waals surface area contributed by atoms with Gasteiger partial charge >= 0.3 is 6.18 Å². The predicted octanol–water partition coefficient (Wildman–Crippen LogP) is 5.62. The molecule has 2 amide bonds. The van der Waals surface area contributed by atoms with Crippen molar-refractivity contribution in [3.63, 3.8) is 0 Å². The van der Waals surface area contributed by atoms with E-state index in [2.05, 4.69) is 10.2 Å². The van der Waals surface area contributed by atoms with E-state index in [1.165, 1.54) is 12.1 Å². The zero-order valence-electron chi connectivity index (χ0n) is 27.5. The van der Waals surface area contributed by atoms with Crippen molar-refractivity contribution in [3.8, 4) is 17.2 Å². The maximum absolute atomic E-state index is 14.2. The van der Waals surface area contributed by atoms with Crippen LogP contribution in [0.4, 0.5) is 18.9 Å². The zero-order chi connectivity index (χ0) is 34.1. The van der Waals surface area contributed by atoms with Crippen molar-refractivity contribution in [1.29, 1.82) is 0 Å². The highest BCUT2D eigenvalue weighted by atomic mass is 19.4. The zero-order valence-corrected chi connectivity index (χ0v) is 27.5. The Labute approximate surface area is 274 Å². The van der Waals surface area contributed by atoms with E-state index in [1.54, 1.807) is 17.9 Å². The van der Waals surface area contributed by atoms with Crippen LogP contribution in [0.5, 0.6) is 17.2 Å². The molecule has 2 aliphatic rings. The lowest BCUT2D eigenvalue weighted by Crippen LogP contribution is -2.47. The molecule has 0 saturated heterocycles. The fourth-order valence-electron chi connectivity index (χ4n) is 5.66. The number of likely N-dealkylation sites (N-methyl/N-ethyl adjacent to an activating group) is 1. The van der Waals surface area contributed by atoms with Gasteiger partial charge in [0, 0.05) is 44.3 Å². The first kappa shape index (κ1) is 36.3. The number of carbonyl (C=O) groups excluding carboxylic acids is 2. The van der Waals surface area contributed by atoms with Crippen LogP contribution in [0.25, 0.3) is 0 Å². The van der Waals surface area contributed by atoms with Crippen LogP contribution < -0.4 is 19.5 Å². The van der Waals surface area contributed by atoms with Crippen LogP contribution in [-0.4, -0.2) is 91.3 Å². The van der Waals surface area contributed by atoms with Gasteiger partial charge in [0.15, 0.2) is 11.5 Å². The Morgan fingerprint density at radius 1 is 1.11 bits per heavy atom. The lowest BCUT2D eigenvalue weighted by Gasteiger charge is -2.36. The second kappa shape index (κ2) is 16.5. The Morgan fingerprint density at radius 3 is 2.60 bits per heavy atom. The van der Waals surface area contributed by atoms with Gasteiger partial charge in [0.05, 0.1) is 36.8 Å². The molecule has 4 atom stereocenters. The lowest BCUT2D eigenvalue weighted by molar-refractivity contribution is -0.142. The van der Waals surface area contributed by atoms with Gasteiger partial charge in [0.2, 0.25) is 12.7 Å². The Bertz CT molecular complexity index is 1360. The molecular formula is C34H46F3N3O7. The molecule has 4 rings (SSSR count). The second-order valence-corrected chi connectivity index (χ2v) is 12.6. The number of hydrogen-bond acceptors (Lipinski definition) is 8. The van der Waals surface area contributed by atoms with Crippen molar-refractivity contribution in [2.45, 2.75) is 83.8 Å². The van der Waals surface area contributed by atoms with Crippen molar-refractivity contribution >= 4 is 17.5 Å². The second-order valence-electron chi connectivity index (χ2n) is 12.6. The van der Waals surface area contributed by atoms with E-state index >= 15 is 0 Å². The minimum atomic E-state index is -4.46. The molecule has 0 saturated carbocycles. The third-order valence-electron chi connectivity index (χ3n) is 8.35. The van der Waals surface area contributed by atoms with Gasteiger partial charge in [-0.2, -0.15) is 13.2 Å². The van der Waals surface area contributed by atoms with Crippen LogP contribution in [0.15, 0.2) is 36.4 Å². The summed E-state index contributed by atoms with van der Waals surface area (Å²) in [6.45, 7) is 7.56. The first-order chi connectivity index (χ1) is 22.3. The number of ether oxygens (including phenoxy) is 4. The van der Waals surface area contributed by atoms with E-state index in [9.17, 15) is 27.9 Å². The molecule has 2 heterocycles. The van der Waals surface area contributed by atoms with Crippen LogP contribution >= 0.6 is 0 Å². The molecule has 0 fully saturated rings. The lowest BCUT2D eigenvalue weighted by atomic mass is 10.0. The van der Waals surface area contributed by atoms with Gasteiger partial charge in [-0.25, -0.2) is 0 Å². The van der Waals surface area contributed by atoms with Gasteiger partial charge in [-0.05, 0) is 76.1 Å². The number of benzene rings is 2. The van der Waals surface area contributed by atoms with Crippen molar-refractivity contribution in [1.82, 2.24) is 9.80 Å². The topological polar surface area (TPSA) is 110 Å². The summed E-state index contributed by atoms with van der Waals surface area (Å²) in [5.41, 5.74) is 1.38. The molecule has 2 aliphatic heterocycles. The maximum atomic E-state index is 14.2. The summed E-state index contributed by atoms with van der Waals surface area (Å²) in [7, 11) is 2.01. The quantitative estimate of drug-likeness (QED) is 0.355. The first-order valence-electron chi connectivity index (χ1n) is 16.1. The fourth-order valence-corrected chi connectivity index (χ4v) is 5.66. The Morgan fingerprint density at radius 2 is 1.85 bits per heavy atom. The molecule has 0 aromatic heterocycles. The summed E-state index contributed by atoms with van der Waals surface area (Å²) in [6, 6.07) is 9.78. The standard InChI is InChI=1S/C34H46F3N3O7/c1-22-17-40(23(2)20-41)33(43)27-16-26(38-32(42)12-13-34(35,36)37)9-11-28(27)47-24(3)7-5-6-14-44-31(22)19-39(4)18-25-8-10-29-30(15-25)46-21-45-29/h8-11,15-16,22-24,31,41H,5-7,12-14,17-21H2,1-4H3,(H,38,42)/t22-,23+,24-,31+/m0/s1. The van der Waals surface area contributed by atoms with E-state index in [-0.39, 0.29) is 49.3 Å². The largest absolute Gasteiger partial charge is 0.490 e. The number of amides is 2. The number of alkyl halides is 3. The van der Waals surface area contributed by atoms with Gasteiger partial charge in [-0.15, -0.1) is 0 Å². The third-order valence-corrected chi connectivity index (χ3v) is 8.35. The average molecular weight is 666 g/mol. The Kier molecular flexibility index (Phi) is 12.8. The average Bonchev–Trinajstić information content (AvgIpc) is 3.49. The van der Waals surface area contributed by atoms with Crippen molar-refractivity contribution in [2.75, 3.05) is 45.5 Å². The van der Waals surface area contributed by atoms with Gasteiger partial charge in [-0.3, -0.25) is 14.5 Å². The van der Waals surface area contributed by atoms with E-state index in [1.807, 2.05) is 39.1 Å². The number of anilines is 1. The van der Waals surface area contributed by atoms with E-state index in [0.29, 0.717) is 37.6 Å². The monoisotopic (exact) mass is 665 g/mol. The van der Waals surface area contributed by atoms with E-state index < -0.39 is 36.9 Å². The number of nitrogens with one attached hydrogen (secondary N) is 1. The minimum absolute atomic E-state index is 0.146. The summed E-state index contributed by atoms with van der Waals surface area (Å²) in [6.07, 6.45) is -4.60. The number of nitrogens with zero attached hydrogens (tertiary/aromatic N) is 2. The molecule has 0 radical (unpaired) electrons. The minimum Gasteiger partial charge on any atom is -0.490 e. The Balaban J connectivity index is 1.56. The molecular weight excluding hydrogens is 619 g/mol. The van der Waals surface area contributed by atoms with Crippen molar-refractivity contribution in [2.24, 2.45) is 5.92 Å². The van der Waals surface area contributed by atoms with Crippen molar-refractivity contribution in [3.05, 3.63) is 47.5 Å². The summed E-state index contributed by atoms with van der Waals surface area (Å²) in [5, 5.41) is 12.6. The van der Waals surface area contributed by atoms with E-state index in [4.69, 9.17) is 18.9 Å². The van der Waals surface area contributed by atoms with Crippen LogP contribution in [0.3, 0.4) is 0 Å². The maximum Gasteiger partial charge on any atom is 0.389 e. The van der Waals surface area contributed by atoms with E-state index in [0.717, 1.165) is 24.2 Å². The van der Waals surface area contributed by atoms with Gasteiger partial charge in [0.25, 0.3) is 5.91 Å². The highest BCUT2D eigenvalue weighted by molar-refractivity contribution is 5.99. The number of hydrogen-bond donors (Lipinski definition) is 2. The van der Waals surface area contributed by atoms with Crippen LogP contribution in [-0.2, 0) is 16.1 Å². The molecule has 10 nitrogen and oxygen atoms in total. The normalized spacial score (nSPS) is 21.5. The number of rotatable bonds is 9. The fraction of sp³-hybridized carbons (Fsp3) is 0.588. The van der Waals surface area contributed by atoms with Gasteiger partial charge in [0.1, 0.15) is 5.75 Å². The molecule has 47 heavy (non-hydrogen) atoms.